The topological polar surface area (TPSA) is 60.8 Å². The van der Waals surface area contributed by atoms with Crippen LogP contribution in [0.1, 0.15) is 39.0 Å². The maximum absolute atomic E-state index is 11.0. The van der Waals surface area contributed by atoms with Gasteiger partial charge in [-0.3, -0.25) is 9.69 Å². The van der Waals surface area contributed by atoms with Crippen LogP contribution in [0.4, 0.5) is 0 Å². The van der Waals surface area contributed by atoms with Crippen LogP contribution in [0.3, 0.4) is 0 Å². The summed E-state index contributed by atoms with van der Waals surface area (Å²) in [5.41, 5.74) is -0.564. The van der Waals surface area contributed by atoms with Crippen molar-refractivity contribution >= 4 is 5.97 Å². The third-order valence-corrected chi connectivity index (χ3v) is 4.31. The molecule has 0 amide bonds. The van der Waals surface area contributed by atoms with Crippen LogP contribution in [-0.4, -0.2) is 46.3 Å². The highest BCUT2D eigenvalue weighted by Crippen LogP contribution is 2.31. The van der Waals surface area contributed by atoms with Crippen LogP contribution < -0.4 is 0 Å². The number of aliphatic hydroxyl groups is 1. The fourth-order valence-corrected chi connectivity index (χ4v) is 3.30. The number of hydrogen-bond acceptors (Lipinski definition) is 3. The van der Waals surface area contributed by atoms with Crippen LogP contribution in [0.15, 0.2) is 0 Å². The van der Waals surface area contributed by atoms with Crippen LogP contribution >= 0.6 is 0 Å². The van der Waals surface area contributed by atoms with Crippen molar-refractivity contribution < 1.29 is 15.0 Å². The van der Waals surface area contributed by atoms with E-state index in [0.29, 0.717) is 13.1 Å². The first-order valence-corrected chi connectivity index (χ1v) is 6.68. The van der Waals surface area contributed by atoms with Crippen LogP contribution in [0, 0.1) is 11.8 Å². The summed E-state index contributed by atoms with van der Waals surface area (Å²) < 4.78 is 0. The number of likely N-dealkylation sites (tertiary alicyclic amines) is 1. The number of nitrogens with zero attached hydrogens (tertiary/aromatic N) is 1. The Kier molecular flexibility index (Phi) is 3.73. The number of hydrogen-bond donors (Lipinski definition) is 2. The molecule has 0 bridgehead atoms. The predicted octanol–water partition coefficient (Wildman–Crippen LogP) is 1.33. The monoisotopic (exact) mass is 241 g/mol. The van der Waals surface area contributed by atoms with E-state index in [4.69, 9.17) is 5.11 Å². The quantitative estimate of drug-likeness (QED) is 0.782. The third-order valence-electron chi connectivity index (χ3n) is 4.31. The Bertz CT molecular complexity index is 286. The lowest BCUT2D eigenvalue weighted by atomic mass is 9.84. The summed E-state index contributed by atoms with van der Waals surface area (Å²) in [5.74, 6) is -0.766. The van der Waals surface area contributed by atoms with E-state index in [0.717, 1.165) is 32.2 Å². The van der Waals surface area contributed by atoms with Gasteiger partial charge in [0.15, 0.2) is 0 Å². The Morgan fingerprint density at radius 2 is 1.94 bits per heavy atom. The van der Waals surface area contributed by atoms with E-state index in [1.165, 1.54) is 6.42 Å². The molecule has 2 unspecified atom stereocenters. The molecule has 1 heterocycles. The number of β-amino-alcohol motifs (C(OH)–C–C–N with tert-alkyl or cyclic N) is 1. The normalized spacial score (nSPS) is 33.8. The van der Waals surface area contributed by atoms with Gasteiger partial charge in [-0.05, 0) is 18.8 Å². The van der Waals surface area contributed by atoms with Crippen molar-refractivity contribution in [1.29, 1.82) is 0 Å². The molecule has 1 saturated carbocycles. The van der Waals surface area contributed by atoms with Crippen LogP contribution in [-0.2, 0) is 4.79 Å². The zero-order valence-corrected chi connectivity index (χ0v) is 10.6. The second kappa shape index (κ2) is 4.94. The van der Waals surface area contributed by atoms with Gasteiger partial charge in [0.2, 0.25) is 0 Å². The summed E-state index contributed by atoms with van der Waals surface area (Å²) in [4.78, 5) is 13.2. The molecule has 4 heteroatoms. The van der Waals surface area contributed by atoms with Gasteiger partial charge in [0, 0.05) is 19.6 Å². The molecule has 1 aliphatic heterocycles. The molecule has 2 aliphatic rings. The summed E-state index contributed by atoms with van der Waals surface area (Å²) in [5, 5.41) is 19.5. The summed E-state index contributed by atoms with van der Waals surface area (Å²) in [6.45, 7) is 4.04. The molecule has 4 nitrogen and oxygen atoms in total. The van der Waals surface area contributed by atoms with Gasteiger partial charge in [0.05, 0.1) is 11.5 Å². The number of rotatable bonds is 3. The largest absolute Gasteiger partial charge is 0.481 e. The lowest BCUT2D eigenvalue weighted by molar-refractivity contribution is -0.142. The number of carboxylic acid groups (broad SMARTS) is 1. The molecule has 2 fully saturated rings. The van der Waals surface area contributed by atoms with Crippen molar-refractivity contribution in [2.45, 2.75) is 44.6 Å². The van der Waals surface area contributed by atoms with E-state index in [1.807, 2.05) is 6.92 Å². The molecule has 98 valence electrons. The summed E-state index contributed by atoms with van der Waals surface area (Å²) in [6.07, 6.45) is 5.16. The Balaban J connectivity index is 1.90. The maximum Gasteiger partial charge on any atom is 0.308 e. The fraction of sp³-hybridized carbons (Fsp3) is 0.923. The molecule has 0 spiro atoms. The summed E-state index contributed by atoms with van der Waals surface area (Å²) in [6, 6.07) is 0. The average molecular weight is 241 g/mol. The third kappa shape index (κ3) is 2.99. The standard InChI is InChI=1S/C13H23NO3/c1-10-7-14(8-11(10)12(15)16)9-13(17)5-3-2-4-6-13/h10-11,17H,2-9H2,1H3,(H,15,16). The van der Waals surface area contributed by atoms with Crippen molar-refractivity contribution in [3.63, 3.8) is 0 Å². The van der Waals surface area contributed by atoms with Crippen LogP contribution in [0.25, 0.3) is 0 Å². The fourth-order valence-electron chi connectivity index (χ4n) is 3.30. The number of carboxylic acids is 1. The van der Waals surface area contributed by atoms with Crippen molar-refractivity contribution in [2.24, 2.45) is 11.8 Å². The number of carbonyl (C=O) groups is 1. The lowest BCUT2D eigenvalue weighted by Crippen LogP contribution is -2.43. The average Bonchev–Trinajstić information content (AvgIpc) is 2.59. The zero-order valence-electron chi connectivity index (χ0n) is 10.6. The zero-order chi connectivity index (χ0) is 12.5. The van der Waals surface area contributed by atoms with Gasteiger partial charge >= 0.3 is 5.97 Å². The predicted molar refractivity (Wildman–Crippen MR) is 64.8 cm³/mol. The van der Waals surface area contributed by atoms with E-state index in [2.05, 4.69) is 4.90 Å². The molecule has 0 aromatic carbocycles. The lowest BCUT2D eigenvalue weighted by Gasteiger charge is -2.35. The van der Waals surface area contributed by atoms with Gasteiger partial charge in [-0.2, -0.15) is 0 Å². The summed E-state index contributed by atoms with van der Waals surface area (Å²) in [7, 11) is 0. The highest BCUT2D eigenvalue weighted by molar-refractivity contribution is 5.71. The van der Waals surface area contributed by atoms with Crippen molar-refractivity contribution in [1.82, 2.24) is 4.90 Å². The van der Waals surface area contributed by atoms with Gasteiger partial charge in [0.1, 0.15) is 0 Å². The van der Waals surface area contributed by atoms with Crippen LogP contribution in [0.5, 0.6) is 0 Å². The summed E-state index contributed by atoms with van der Waals surface area (Å²) >= 11 is 0. The first-order chi connectivity index (χ1) is 8.00. The Morgan fingerprint density at radius 1 is 1.29 bits per heavy atom. The highest BCUT2D eigenvalue weighted by atomic mass is 16.4. The van der Waals surface area contributed by atoms with Gasteiger partial charge < -0.3 is 10.2 Å². The first-order valence-electron chi connectivity index (χ1n) is 6.68. The highest BCUT2D eigenvalue weighted by Gasteiger charge is 2.39. The van der Waals surface area contributed by atoms with Crippen molar-refractivity contribution in [3.05, 3.63) is 0 Å². The first kappa shape index (κ1) is 12.8. The van der Waals surface area contributed by atoms with E-state index >= 15 is 0 Å². The van der Waals surface area contributed by atoms with Crippen molar-refractivity contribution in [3.8, 4) is 0 Å². The van der Waals surface area contributed by atoms with E-state index in [1.54, 1.807) is 0 Å². The molecule has 1 aliphatic carbocycles. The Labute approximate surface area is 103 Å². The Hall–Kier alpha value is -0.610. The van der Waals surface area contributed by atoms with Gasteiger partial charge in [0.25, 0.3) is 0 Å². The molecule has 0 aromatic rings. The molecule has 0 aromatic heterocycles. The Morgan fingerprint density at radius 3 is 2.47 bits per heavy atom. The minimum atomic E-state index is -0.698. The maximum atomic E-state index is 11.0. The SMILES string of the molecule is CC1CN(CC2(O)CCCCC2)CC1C(=O)O. The molecule has 2 rings (SSSR count). The minimum absolute atomic E-state index is 0.194. The molecule has 2 N–H and O–H groups in total. The second-order valence-electron chi connectivity index (χ2n) is 5.90. The van der Waals surface area contributed by atoms with Gasteiger partial charge in [-0.1, -0.05) is 26.2 Å². The van der Waals surface area contributed by atoms with Gasteiger partial charge in [-0.25, -0.2) is 0 Å². The van der Waals surface area contributed by atoms with E-state index in [-0.39, 0.29) is 11.8 Å². The second-order valence-corrected chi connectivity index (χ2v) is 5.90. The van der Waals surface area contributed by atoms with Crippen LogP contribution in [0.2, 0.25) is 0 Å². The van der Waals surface area contributed by atoms with E-state index < -0.39 is 11.6 Å². The smallest absolute Gasteiger partial charge is 0.308 e. The van der Waals surface area contributed by atoms with E-state index in [9.17, 15) is 9.90 Å². The molecular weight excluding hydrogens is 218 g/mol. The van der Waals surface area contributed by atoms with Gasteiger partial charge in [-0.15, -0.1) is 0 Å². The van der Waals surface area contributed by atoms with Crippen molar-refractivity contribution in [2.75, 3.05) is 19.6 Å². The molecule has 1 saturated heterocycles. The molecular formula is C13H23NO3. The molecule has 17 heavy (non-hydrogen) atoms. The molecule has 0 radical (unpaired) electrons. The minimum Gasteiger partial charge on any atom is -0.481 e. The molecule has 2 atom stereocenters. The number of aliphatic carboxylic acids is 1.